The van der Waals surface area contributed by atoms with Gasteiger partial charge in [0.1, 0.15) is 5.78 Å². The van der Waals surface area contributed by atoms with Crippen LogP contribution in [0.4, 0.5) is 0 Å². The molecule has 3 atom stereocenters. The molecule has 3 nitrogen and oxygen atoms in total. The molecule has 2 bridgehead atoms. The fourth-order valence-corrected chi connectivity index (χ4v) is 3.82. The molecule has 0 radical (unpaired) electrons. The first-order chi connectivity index (χ1) is 8.21. The number of carbonyl (C=O) groups is 2. The summed E-state index contributed by atoms with van der Waals surface area (Å²) in [6, 6.07) is 0.185. The first kappa shape index (κ1) is 13.6. The Morgan fingerprint density at radius 3 is 2.33 bits per heavy atom. The summed E-state index contributed by atoms with van der Waals surface area (Å²) in [6.07, 6.45) is 3.06. The van der Waals surface area contributed by atoms with Gasteiger partial charge in [0.2, 0.25) is 5.91 Å². The van der Waals surface area contributed by atoms with Gasteiger partial charge in [0.05, 0.1) is 5.41 Å². The molecule has 2 aliphatic rings. The van der Waals surface area contributed by atoms with Gasteiger partial charge in [-0.05, 0) is 31.6 Å². The smallest absolute Gasteiger partial charge is 0.227 e. The standard InChI is InChI=1S/C15H25NO2/c1-6-10(2)16-12(18)15-8-7-14(5,11(17)9-15)13(15,3)4/h10H,6-9H2,1-5H3,(H,16,18)/t10-,14-,15-/m0/s1. The summed E-state index contributed by atoms with van der Waals surface area (Å²) in [7, 11) is 0. The van der Waals surface area contributed by atoms with E-state index in [1.54, 1.807) is 0 Å². The van der Waals surface area contributed by atoms with Crippen LogP contribution < -0.4 is 5.32 Å². The van der Waals surface area contributed by atoms with Crippen LogP contribution in [0.3, 0.4) is 0 Å². The molecule has 0 aromatic heterocycles. The summed E-state index contributed by atoms with van der Waals surface area (Å²) >= 11 is 0. The van der Waals surface area contributed by atoms with Crippen molar-refractivity contribution in [3.8, 4) is 0 Å². The Hall–Kier alpha value is -0.860. The van der Waals surface area contributed by atoms with E-state index in [4.69, 9.17) is 0 Å². The molecule has 0 aliphatic heterocycles. The number of hydrogen-bond acceptors (Lipinski definition) is 2. The minimum atomic E-state index is -0.470. The van der Waals surface area contributed by atoms with Crippen molar-refractivity contribution in [2.45, 2.75) is 66.3 Å². The summed E-state index contributed by atoms with van der Waals surface area (Å²) in [5.41, 5.74) is -1.00. The average molecular weight is 251 g/mol. The number of hydrogen-bond donors (Lipinski definition) is 1. The van der Waals surface area contributed by atoms with Gasteiger partial charge in [-0.15, -0.1) is 0 Å². The fraction of sp³-hybridized carbons (Fsp3) is 0.867. The number of fused-ring (bicyclic) bond motifs is 2. The number of carbonyl (C=O) groups excluding carboxylic acids is 2. The monoisotopic (exact) mass is 251 g/mol. The SMILES string of the molecule is CC[C@H](C)NC(=O)[C@]12CC[C@@](C)(C(=O)C1)C2(C)C. The first-order valence-corrected chi connectivity index (χ1v) is 7.05. The van der Waals surface area contributed by atoms with Gasteiger partial charge in [0.15, 0.2) is 0 Å². The Bertz CT molecular complexity index is 401. The van der Waals surface area contributed by atoms with E-state index in [0.717, 1.165) is 19.3 Å². The highest BCUT2D eigenvalue weighted by atomic mass is 16.2. The Labute approximate surface area is 110 Å². The average Bonchev–Trinajstić information content (AvgIpc) is 2.59. The number of ketones is 1. The maximum absolute atomic E-state index is 12.6. The molecule has 2 aliphatic carbocycles. The van der Waals surface area contributed by atoms with Gasteiger partial charge >= 0.3 is 0 Å². The van der Waals surface area contributed by atoms with Crippen LogP contribution in [0.1, 0.15) is 60.3 Å². The molecule has 0 saturated heterocycles. The maximum atomic E-state index is 12.6. The molecule has 0 spiro atoms. The predicted octanol–water partition coefficient (Wildman–Crippen LogP) is 2.69. The lowest BCUT2D eigenvalue weighted by atomic mass is 9.64. The van der Waals surface area contributed by atoms with Crippen LogP contribution in [-0.4, -0.2) is 17.7 Å². The number of rotatable bonds is 3. The topological polar surface area (TPSA) is 46.2 Å². The van der Waals surface area contributed by atoms with Crippen molar-refractivity contribution in [2.24, 2.45) is 16.2 Å². The number of Topliss-reactive ketones (excluding diaryl/α,β-unsaturated/α-hetero) is 1. The van der Waals surface area contributed by atoms with E-state index in [-0.39, 0.29) is 28.6 Å². The molecule has 0 heterocycles. The summed E-state index contributed by atoms with van der Waals surface area (Å²) in [5, 5.41) is 3.09. The van der Waals surface area contributed by atoms with Crippen LogP contribution in [0.2, 0.25) is 0 Å². The number of amides is 1. The second-order valence-electron chi connectivity index (χ2n) is 6.92. The summed E-state index contributed by atoms with van der Waals surface area (Å²) < 4.78 is 0. The van der Waals surface area contributed by atoms with Gasteiger partial charge in [0, 0.05) is 17.9 Å². The summed E-state index contributed by atoms with van der Waals surface area (Å²) in [5.74, 6) is 0.370. The van der Waals surface area contributed by atoms with Crippen LogP contribution in [0.25, 0.3) is 0 Å². The molecular weight excluding hydrogens is 226 g/mol. The van der Waals surface area contributed by atoms with E-state index in [9.17, 15) is 9.59 Å². The van der Waals surface area contributed by atoms with Gasteiger partial charge in [-0.2, -0.15) is 0 Å². The molecule has 2 rings (SSSR count). The van der Waals surface area contributed by atoms with Gasteiger partial charge in [-0.25, -0.2) is 0 Å². The van der Waals surface area contributed by atoms with Crippen molar-refractivity contribution in [1.82, 2.24) is 5.32 Å². The van der Waals surface area contributed by atoms with Gasteiger partial charge in [-0.3, -0.25) is 9.59 Å². The van der Waals surface area contributed by atoms with Crippen LogP contribution in [0, 0.1) is 16.2 Å². The quantitative estimate of drug-likeness (QED) is 0.838. The van der Waals surface area contributed by atoms with E-state index in [1.165, 1.54) is 0 Å². The third-order valence-electron chi connectivity index (χ3n) is 6.13. The van der Waals surface area contributed by atoms with Gasteiger partial charge in [-0.1, -0.05) is 27.7 Å². The molecule has 2 fully saturated rings. The largest absolute Gasteiger partial charge is 0.353 e. The lowest BCUT2D eigenvalue weighted by molar-refractivity contribution is -0.137. The molecule has 0 aromatic rings. The summed E-state index contributed by atoms with van der Waals surface area (Å²) in [4.78, 5) is 24.9. The fourth-order valence-electron chi connectivity index (χ4n) is 3.82. The predicted molar refractivity (Wildman–Crippen MR) is 71.1 cm³/mol. The molecule has 2 saturated carbocycles. The molecule has 1 N–H and O–H groups in total. The normalized spacial score (nSPS) is 38.8. The van der Waals surface area contributed by atoms with Crippen molar-refractivity contribution >= 4 is 11.7 Å². The number of nitrogens with one attached hydrogen (secondary N) is 1. The van der Waals surface area contributed by atoms with Crippen LogP contribution in [0.15, 0.2) is 0 Å². The molecule has 1 amide bonds. The van der Waals surface area contributed by atoms with Crippen LogP contribution in [-0.2, 0) is 9.59 Å². The van der Waals surface area contributed by atoms with Crippen molar-refractivity contribution in [3.63, 3.8) is 0 Å². The highest BCUT2D eigenvalue weighted by Crippen LogP contribution is 2.70. The molecule has 102 valence electrons. The Morgan fingerprint density at radius 2 is 1.94 bits per heavy atom. The molecule has 0 aromatic carbocycles. The Balaban J connectivity index is 2.33. The highest BCUT2D eigenvalue weighted by molar-refractivity contribution is 5.99. The second kappa shape index (κ2) is 3.82. The first-order valence-electron chi connectivity index (χ1n) is 7.05. The zero-order valence-corrected chi connectivity index (χ0v) is 12.2. The third kappa shape index (κ3) is 1.36. The van der Waals surface area contributed by atoms with Crippen molar-refractivity contribution in [2.75, 3.05) is 0 Å². The van der Waals surface area contributed by atoms with Crippen molar-refractivity contribution < 1.29 is 9.59 Å². The van der Waals surface area contributed by atoms with E-state index < -0.39 is 5.41 Å². The van der Waals surface area contributed by atoms with Crippen molar-refractivity contribution in [3.05, 3.63) is 0 Å². The molecular formula is C15H25NO2. The zero-order valence-electron chi connectivity index (χ0n) is 12.2. The molecule has 18 heavy (non-hydrogen) atoms. The van der Waals surface area contributed by atoms with E-state index >= 15 is 0 Å². The van der Waals surface area contributed by atoms with Crippen LogP contribution >= 0.6 is 0 Å². The van der Waals surface area contributed by atoms with E-state index in [0.29, 0.717) is 6.42 Å². The van der Waals surface area contributed by atoms with E-state index in [2.05, 4.69) is 26.1 Å². The summed E-state index contributed by atoms with van der Waals surface area (Å²) in [6.45, 7) is 10.3. The van der Waals surface area contributed by atoms with Gasteiger partial charge < -0.3 is 5.32 Å². The zero-order chi connectivity index (χ0) is 13.8. The Morgan fingerprint density at radius 1 is 1.33 bits per heavy atom. The van der Waals surface area contributed by atoms with Crippen molar-refractivity contribution in [1.29, 1.82) is 0 Å². The minimum absolute atomic E-state index is 0.0939. The van der Waals surface area contributed by atoms with Gasteiger partial charge in [0.25, 0.3) is 0 Å². The maximum Gasteiger partial charge on any atom is 0.227 e. The Kier molecular flexibility index (Phi) is 2.88. The molecule has 0 unspecified atom stereocenters. The van der Waals surface area contributed by atoms with Crippen LogP contribution in [0.5, 0.6) is 0 Å². The van der Waals surface area contributed by atoms with E-state index in [1.807, 2.05) is 13.8 Å². The second-order valence-corrected chi connectivity index (χ2v) is 6.92. The lowest BCUT2D eigenvalue weighted by Crippen LogP contribution is -2.49. The third-order valence-corrected chi connectivity index (χ3v) is 6.13. The highest BCUT2D eigenvalue weighted by Gasteiger charge is 2.72. The lowest BCUT2D eigenvalue weighted by Gasteiger charge is -2.39. The molecule has 3 heteroatoms. The minimum Gasteiger partial charge on any atom is -0.353 e.